The number of nitrogens with zero attached hydrogens (tertiary/aromatic N) is 2. The molecule has 0 aromatic carbocycles. The maximum atomic E-state index is 5.82. The van der Waals surface area contributed by atoms with E-state index in [1.807, 2.05) is 6.07 Å². The lowest BCUT2D eigenvalue weighted by Crippen LogP contribution is -2.24. The number of ether oxygens (including phenoxy) is 1. The van der Waals surface area contributed by atoms with Crippen LogP contribution in [-0.2, 0) is 5.41 Å². The molecule has 0 aliphatic heterocycles. The second kappa shape index (κ2) is 7.80. The van der Waals surface area contributed by atoms with Crippen molar-refractivity contribution < 1.29 is 4.74 Å². The first-order valence-electron chi connectivity index (χ1n) is 8.78. The maximum Gasteiger partial charge on any atom is 0.218 e. The quantitative estimate of drug-likeness (QED) is 0.774. The number of hydrogen-bond donors (Lipinski definition) is 1. The summed E-state index contributed by atoms with van der Waals surface area (Å²) in [5, 5.41) is 3.59. The van der Waals surface area contributed by atoms with Gasteiger partial charge in [-0.2, -0.15) is 4.98 Å². The highest BCUT2D eigenvalue weighted by Crippen LogP contribution is 2.26. The fourth-order valence-electron chi connectivity index (χ4n) is 2.69. The van der Waals surface area contributed by atoms with Crippen molar-refractivity contribution >= 4 is 5.82 Å². The zero-order chi connectivity index (χ0) is 16.0. The van der Waals surface area contributed by atoms with Crippen LogP contribution in [0.5, 0.6) is 5.88 Å². The lowest BCUT2D eigenvalue weighted by molar-refractivity contribution is 0.294. The summed E-state index contributed by atoms with van der Waals surface area (Å²) in [6.45, 7) is 9.31. The summed E-state index contributed by atoms with van der Waals surface area (Å²) in [5.41, 5.74) is -0.0763. The Kier molecular flexibility index (Phi) is 6.04. The van der Waals surface area contributed by atoms with Crippen LogP contribution in [0.15, 0.2) is 6.07 Å². The Labute approximate surface area is 135 Å². The molecule has 124 valence electrons. The molecule has 1 heterocycles. The standard InChI is InChI=1S/C18H31N3O/c1-5-6-12-22-16-13-15(19-14-10-8-7-9-11-14)20-17(21-16)18(2,3)4/h13-14H,5-12H2,1-4H3,(H,19,20,21). The van der Waals surface area contributed by atoms with E-state index in [9.17, 15) is 0 Å². The molecular formula is C18H31N3O. The van der Waals surface area contributed by atoms with Crippen LogP contribution in [0.4, 0.5) is 5.82 Å². The predicted molar refractivity (Wildman–Crippen MR) is 91.6 cm³/mol. The number of rotatable bonds is 6. The van der Waals surface area contributed by atoms with Crippen molar-refractivity contribution in [2.45, 2.75) is 84.1 Å². The molecule has 1 aromatic rings. The topological polar surface area (TPSA) is 47.0 Å². The molecule has 0 radical (unpaired) electrons. The van der Waals surface area contributed by atoms with Gasteiger partial charge in [0, 0.05) is 17.5 Å². The van der Waals surface area contributed by atoms with Crippen molar-refractivity contribution in [2.24, 2.45) is 0 Å². The van der Waals surface area contributed by atoms with Crippen molar-refractivity contribution in [3.8, 4) is 5.88 Å². The van der Waals surface area contributed by atoms with E-state index in [-0.39, 0.29) is 5.41 Å². The van der Waals surface area contributed by atoms with Crippen LogP contribution in [0.25, 0.3) is 0 Å². The average molecular weight is 305 g/mol. The van der Waals surface area contributed by atoms with Crippen molar-refractivity contribution in [1.82, 2.24) is 9.97 Å². The largest absolute Gasteiger partial charge is 0.478 e. The molecule has 1 aliphatic rings. The molecule has 0 bridgehead atoms. The molecule has 4 nitrogen and oxygen atoms in total. The van der Waals surface area contributed by atoms with Gasteiger partial charge in [-0.15, -0.1) is 0 Å². The Bertz CT molecular complexity index is 462. The summed E-state index contributed by atoms with van der Waals surface area (Å²) in [5.74, 6) is 2.46. The number of aromatic nitrogens is 2. The molecule has 22 heavy (non-hydrogen) atoms. The van der Waals surface area contributed by atoms with Gasteiger partial charge in [-0.05, 0) is 19.3 Å². The van der Waals surface area contributed by atoms with Gasteiger partial charge in [0.2, 0.25) is 5.88 Å². The molecule has 0 saturated heterocycles. The third kappa shape index (κ3) is 5.15. The lowest BCUT2D eigenvalue weighted by atomic mass is 9.95. The first-order chi connectivity index (χ1) is 10.5. The van der Waals surface area contributed by atoms with Gasteiger partial charge in [-0.3, -0.25) is 0 Å². The van der Waals surface area contributed by atoms with Gasteiger partial charge in [-0.1, -0.05) is 53.4 Å². The molecule has 1 aromatic heterocycles. The van der Waals surface area contributed by atoms with Crippen LogP contribution in [0.2, 0.25) is 0 Å². The minimum Gasteiger partial charge on any atom is -0.478 e. The predicted octanol–water partition coefficient (Wildman–Crippen LogP) is 4.70. The molecule has 1 fully saturated rings. The van der Waals surface area contributed by atoms with Gasteiger partial charge in [0.1, 0.15) is 11.6 Å². The lowest BCUT2D eigenvalue weighted by Gasteiger charge is -2.25. The van der Waals surface area contributed by atoms with Gasteiger partial charge in [-0.25, -0.2) is 4.98 Å². The summed E-state index contributed by atoms with van der Waals surface area (Å²) >= 11 is 0. The highest BCUT2D eigenvalue weighted by molar-refractivity contribution is 5.40. The summed E-state index contributed by atoms with van der Waals surface area (Å²) < 4.78 is 5.82. The number of nitrogens with one attached hydrogen (secondary N) is 1. The molecule has 4 heteroatoms. The molecule has 2 rings (SSSR count). The first kappa shape index (κ1) is 17.0. The Morgan fingerprint density at radius 1 is 1.18 bits per heavy atom. The van der Waals surface area contributed by atoms with E-state index in [0.29, 0.717) is 11.9 Å². The second-order valence-corrected chi connectivity index (χ2v) is 7.35. The van der Waals surface area contributed by atoms with E-state index in [1.165, 1.54) is 32.1 Å². The number of unbranched alkanes of at least 4 members (excludes halogenated alkanes) is 1. The average Bonchev–Trinajstić information content (AvgIpc) is 2.47. The maximum absolute atomic E-state index is 5.82. The minimum absolute atomic E-state index is 0.0763. The van der Waals surface area contributed by atoms with Crippen LogP contribution in [0.1, 0.15) is 78.5 Å². The number of hydrogen-bond acceptors (Lipinski definition) is 4. The Balaban J connectivity index is 2.13. The molecule has 0 amide bonds. The smallest absolute Gasteiger partial charge is 0.218 e. The molecule has 0 unspecified atom stereocenters. The highest BCUT2D eigenvalue weighted by atomic mass is 16.5. The molecule has 1 saturated carbocycles. The zero-order valence-corrected chi connectivity index (χ0v) is 14.6. The fraction of sp³-hybridized carbons (Fsp3) is 0.778. The van der Waals surface area contributed by atoms with Crippen LogP contribution in [-0.4, -0.2) is 22.6 Å². The monoisotopic (exact) mass is 305 g/mol. The van der Waals surface area contributed by atoms with E-state index >= 15 is 0 Å². The third-order valence-corrected chi connectivity index (χ3v) is 4.08. The molecule has 0 atom stereocenters. The summed E-state index contributed by atoms with van der Waals surface area (Å²) in [6.07, 6.45) is 8.65. The van der Waals surface area contributed by atoms with E-state index in [4.69, 9.17) is 9.72 Å². The van der Waals surface area contributed by atoms with Crippen molar-refractivity contribution in [3.05, 3.63) is 11.9 Å². The van der Waals surface area contributed by atoms with Crippen molar-refractivity contribution in [1.29, 1.82) is 0 Å². The SMILES string of the molecule is CCCCOc1cc(NC2CCCCC2)nc(C(C)(C)C)n1. The minimum atomic E-state index is -0.0763. The summed E-state index contributed by atoms with van der Waals surface area (Å²) in [6, 6.07) is 2.50. The second-order valence-electron chi connectivity index (χ2n) is 7.35. The Hall–Kier alpha value is -1.32. The van der Waals surface area contributed by atoms with Crippen LogP contribution in [0, 0.1) is 0 Å². The summed E-state index contributed by atoms with van der Waals surface area (Å²) in [4.78, 5) is 9.32. The van der Waals surface area contributed by atoms with Gasteiger partial charge in [0.25, 0.3) is 0 Å². The third-order valence-electron chi connectivity index (χ3n) is 4.08. The molecule has 1 N–H and O–H groups in total. The van der Waals surface area contributed by atoms with E-state index in [1.54, 1.807) is 0 Å². The Morgan fingerprint density at radius 2 is 1.91 bits per heavy atom. The van der Waals surface area contributed by atoms with Crippen LogP contribution >= 0.6 is 0 Å². The molecular weight excluding hydrogens is 274 g/mol. The first-order valence-corrected chi connectivity index (χ1v) is 8.78. The van der Waals surface area contributed by atoms with Gasteiger partial charge < -0.3 is 10.1 Å². The highest BCUT2D eigenvalue weighted by Gasteiger charge is 2.21. The van der Waals surface area contributed by atoms with Gasteiger partial charge in [0.15, 0.2) is 0 Å². The van der Waals surface area contributed by atoms with Crippen LogP contribution in [0.3, 0.4) is 0 Å². The van der Waals surface area contributed by atoms with Gasteiger partial charge in [0.05, 0.1) is 6.61 Å². The Morgan fingerprint density at radius 3 is 2.55 bits per heavy atom. The fourth-order valence-corrected chi connectivity index (χ4v) is 2.69. The normalized spacial score (nSPS) is 16.5. The van der Waals surface area contributed by atoms with Crippen LogP contribution < -0.4 is 10.1 Å². The number of anilines is 1. The molecule has 0 spiro atoms. The van der Waals surface area contributed by atoms with E-state index in [2.05, 4.69) is 38.0 Å². The molecule has 1 aliphatic carbocycles. The van der Waals surface area contributed by atoms with E-state index in [0.717, 1.165) is 31.1 Å². The summed E-state index contributed by atoms with van der Waals surface area (Å²) in [7, 11) is 0. The van der Waals surface area contributed by atoms with Crippen molar-refractivity contribution in [3.63, 3.8) is 0 Å². The van der Waals surface area contributed by atoms with E-state index < -0.39 is 0 Å². The van der Waals surface area contributed by atoms with Crippen molar-refractivity contribution in [2.75, 3.05) is 11.9 Å². The zero-order valence-electron chi connectivity index (χ0n) is 14.6. The van der Waals surface area contributed by atoms with Gasteiger partial charge >= 0.3 is 0 Å².